The van der Waals surface area contributed by atoms with Crippen LogP contribution in [0.2, 0.25) is 0 Å². The fraction of sp³-hybridized carbons (Fsp3) is 0.429. The first-order chi connectivity index (χ1) is 17.4. The molecule has 0 N–H and O–H groups in total. The van der Waals surface area contributed by atoms with Gasteiger partial charge in [-0.1, -0.05) is 36.4 Å². The minimum absolute atomic E-state index is 0.110. The number of hydrogen-bond donors (Lipinski definition) is 0. The molecule has 0 saturated heterocycles. The summed E-state index contributed by atoms with van der Waals surface area (Å²) < 4.78 is 10.5. The lowest BCUT2D eigenvalue weighted by Gasteiger charge is -2.46. The van der Waals surface area contributed by atoms with E-state index in [9.17, 15) is 19.2 Å². The summed E-state index contributed by atoms with van der Waals surface area (Å²) in [7, 11) is 1.41. The van der Waals surface area contributed by atoms with Gasteiger partial charge in [0.1, 0.15) is 18.4 Å². The van der Waals surface area contributed by atoms with Crippen LogP contribution in [-0.2, 0) is 28.7 Å². The number of nitrogens with zero attached hydrogens (tertiary/aromatic N) is 2. The van der Waals surface area contributed by atoms with E-state index in [1.54, 1.807) is 16.7 Å². The maximum absolute atomic E-state index is 13.8. The Morgan fingerprint density at radius 1 is 0.778 bits per heavy atom. The Hall–Kier alpha value is -3.52. The molecule has 4 rings (SSSR count). The van der Waals surface area contributed by atoms with Gasteiger partial charge in [0.05, 0.1) is 6.61 Å². The van der Waals surface area contributed by atoms with Gasteiger partial charge in [-0.2, -0.15) is 0 Å². The molecule has 2 aromatic rings. The molecule has 0 bridgehead atoms. The molecule has 4 unspecified atom stereocenters. The van der Waals surface area contributed by atoms with Crippen molar-refractivity contribution in [2.24, 2.45) is 11.8 Å². The van der Waals surface area contributed by atoms with Crippen molar-refractivity contribution in [1.82, 2.24) is 0 Å². The largest absolute Gasteiger partial charge is 0.465 e. The summed E-state index contributed by atoms with van der Waals surface area (Å²) in [5.41, 5.74) is 2.85. The molecule has 0 spiro atoms. The summed E-state index contributed by atoms with van der Waals surface area (Å²) in [4.78, 5) is 57.7. The number of amides is 2. The number of ether oxygens (including phenoxy) is 2. The van der Waals surface area contributed by atoms with Gasteiger partial charge in [-0.3, -0.25) is 19.2 Å². The summed E-state index contributed by atoms with van der Waals surface area (Å²) in [6.45, 7) is 6.00. The predicted molar refractivity (Wildman–Crippen MR) is 135 cm³/mol. The third-order valence-electron chi connectivity index (χ3n) is 7.15. The van der Waals surface area contributed by atoms with Crippen LogP contribution in [0, 0.1) is 11.8 Å². The standard InChI is InChI=1S/C28H32N2O6/c1-5-29-19-14-10-8-12-17(19)22(24(26(29)32)21(31)16-35-4)23-18-13-9-11-15-20(18)30(6-2)27(33)25(23)28(34)36-7-3/h8-15,22-25H,5-7,16H2,1-4H3. The first-order valence-corrected chi connectivity index (χ1v) is 12.4. The first kappa shape index (κ1) is 25.6. The predicted octanol–water partition coefficient (Wildman–Crippen LogP) is 3.30. The van der Waals surface area contributed by atoms with Gasteiger partial charge >= 0.3 is 5.97 Å². The molecule has 2 aromatic carbocycles. The molecular weight excluding hydrogens is 460 g/mol. The fourth-order valence-corrected chi connectivity index (χ4v) is 5.77. The van der Waals surface area contributed by atoms with Gasteiger partial charge < -0.3 is 19.3 Å². The van der Waals surface area contributed by atoms with E-state index in [-0.39, 0.29) is 30.8 Å². The zero-order chi connectivity index (χ0) is 26.0. The number of hydrogen-bond acceptors (Lipinski definition) is 6. The van der Waals surface area contributed by atoms with E-state index in [1.807, 2.05) is 62.4 Å². The van der Waals surface area contributed by atoms with Crippen LogP contribution in [0.5, 0.6) is 0 Å². The number of rotatable bonds is 8. The first-order valence-electron chi connectivity index (χ1n) is 12.4. The molecule has 0 fully saturated rings. The van der Waals surface area contributed by atoms with Gasteiger partial charge in [0, 0.05) is 43.4 Å². The van der Waals surface area contributed by atoms with E-state index in [2.05, 4.69) is 0 Å². The number of ketones is 1. The van der Waals surface area contributed by atoms with Crippen LogP contribution in [0.3, 0.4) is 0 Å². The van der Waals surface area contributed by atoms with Crippen LogP contribution in [-0.4, -0.2) is 57.0 Å². The Morgan fingerprint density at radius 3 is 1.72 bits per heavy atom. The van der Waals surface area contributed by atoms with Crippen molar-refractivity contribution in [2.75, 3.05) is 43.2 Å². The van der Waals surface area contributed by atoms with Gasteiger partial charge in [0.15, 0.2) is 5.78 Å². The number of carbonyl (C=O) groups is 4. The van der Waals surface area contributed by atoms with E-state index < -0.39 is 29.6 Å². The minimum Gasteiger partial charge on any atom is -0.465 e. The highest BCUT2D eigenvalue weighted by Crippen LogP contribution is 2.54. The number of Topliss-reactive ketones (excluding diaryl/α,β-unsaturated/α-hetero) is 1. The highest BCUT2D eigenvalue weighted by atomic mass is 16.5. The minimum atomic E-state index is -1.20. The van der Waals surface area contributed by atoms with Crippen molar-refractivity contribution >= 4 is 34.9 Å². The van der Waals surface area contributed by atoms with Crippen molar-refractivity contribution in [2.45, 2.75) is 32.6 Å². The molecule has 0 saturated carbocycles. The lowest BCUT2D eigenvalue weighted by atomic mass is 9.63. The van der Waals surface area contributed by atoms with Crippen LogP contribution in [0.25, 0.3) is 0 Å². The second-order valence-electron chi connectivity index (χ2n) is 8.94. The zero-order valence-electron chi connectivity index (χ0n) is 21.1. The molecule has 8 heteroatoms. The molecule has 2 heterocycles. The average molecular weight is 493 g/mol. The second kappa shape index (κ2) is 10.6. The third kappa shape index (κ3) is 4.09. The monoisotopic (exact) mass is 492 g/mol. The summed E-state index contributed by atoms with van der Waals surface area (Å²) in [6.07, 6.45) is 0. The van der Waals surface area contributed by atoms with Crippen LogP contribution < -0.4 is 9.80 Å². The van der Waals surface area contributed by atoms with Gasteiger partial charge in [-0.15, -0.1) is 0 Å². The van der Waals surface area contributed by atoms with Gasteiger partial charge in [0.25, 0.3) is 0 Å². The topological polar surface area (TPSA) is 93.2 Å². The number of fused-ring (bicyclic) bond motifs is 2. The Labute approximate surface area is 211 Å². The molecule has 2 aliphatic rings. The lowest BCUT2D eigenvalue weighted by Crippen LogP contribution is -2.54. The van der Waals surface area contributed by atoms with Crippen molar-refractivity contribution < 1.29 is 28.7 Å². The van der Waals surface area contributed by atoms with Crippen molar-refractivity contribution in [3.8, 4) is 0 Å². The normalized spacial score (nSPS) is 23.2. The molecule has 2 aliphatic heterocycles. The molecular formula is C28H32N2O6. The average Bonchev–Trinajstić information content (AvgIpc) is 2.87. The maximum Gasteiger partial charge on any atom is 0.319 e. The number of esters is 1. The smallest absolute Gasteiger partial charge is 0.319 e. The Kier molecular flexibility index (Phi) is 7.54. The van der Waals surface area contributed by atoms with E-state index in [1.165, 1.54) is 7.11 Å². The zero-order valence-corrected chi connectivity index (χ0v) is 21.1. The van der Waals surface area contributed by atoms with E-state index in [4.69, 9.17) is 9.47 Å². The number of anilines is 2. The molecule has 36 heavy (non-hydrogen) atoms. The quantitative estimate of drug-likeness (QED) is 0.415. The summed E-state index contributed by atoms with van der Waals surface area (Å²) in [5, 5.41) is 0. The molecule has 190 valence electrons. The summed E-state index contributed by atoms with van der Waals surface area (Å²) in [6, 6.07) is 14.8. The number of carbonyl (C=O) groups excluding carboxylic acids is 4. The molecule has 8 nitrogen and oxygen atoms in total. The van der Waals surface area contributed by atoms with Crippen molar-refractivity contribution in [3.05, 3.63) is 59.7 Å². The van der Waals surface area contributed by atoms with Crippen molar-refractivity contribution in [1.29, 1.82) is 0 Å². The Morgan fingerprint density at radius 2 is 1.25 bits per heavy atom. The van der Waals surface area contributed by atoms with Crippen LogP contribution in [0.4, 0.5) is 11.4 Å². The maximum atomic E-state index is 13.8. The van der Waals surface area contributed by atoms with Gasteiger partial charge in [0.2, 0.25) is 11.8 Å². The van der Waals surface area contributed by atoms with Crippen LogP contribution in [0.1, 0.15) is 43.7 Å². The second-order valence-corrected chi connectivity index (χ2v) is 8.94. The molecule has 2 amide bonds. The van der Waals surface area contributed by atoms with E-state index >= 15 is 0 Å². The number of benzene rings is 2. The molecule has 0 aliphatic carbocycles. The molecule has 4 atom stereocenters. The van der Waals surface area contributed by atoms with E-state index in [0.717, 1.165) is 11.1 Å². The fourth-order valence-electron chi connectivity index (χ4n) is 5.77. The third-order valence-corrected chi connectivity index (χ3v) is 7.15. The highest BCUT2D eigenvalue weighted by Gasteiger charge is 2.55. The summed E-state index contributed by atoms with van der Waals surface area (Å²) in [5.74, 6) is -5.61. The molecule has 0 radical (unpaired) electrons. The Balaban J connectivity index is 2.02. The number of methoxy groups -OCH3 is 1. The van der Waals surface area contributed by atoms with Gasteiger partial charge in [-0.25, -0.2) is 0 Å². The molecule has 0 aromatic heterocycles. The van der Waals surface area contributed by atoms with Crippen molar-refractivity contribution in [3.63, 3.8) is 0 Å². The number of para-hydroxylation sites is 2. The SMILES string of the molecule is CCOC(=O)C1C(=O)N(CC)c2ccccc2C1C1c2ccccc2N(CC)C(=O)C1C(=O)COC. The lowest BCUT2D eigenvalue weighted by molar-refractivity contribution is -0.154. The highest BCUT2D eigenvalue weighted by molar-refractivity contribution is 6.13. The van der Waals surface area contributed by atoms with Gasteiger partial charge in [-0.05, 0) is 44.0 Å². The Bertz CT molecular complexity index is 1090. The van der Waals surface area contributed by atoms with E-state index in [0.29, 0.717) is 24.5 Å². The summed E-state index contributed by atoms with van der Waals surface area (Å²) >= 11 is 0. The van der Waals surface area contributed by atoms with Crippen LogP contribution >= 0.6 is 0 Å². The van der Waals surface area contributed by atoms with Crippen LogP contribution in [0.15, 0.2) is 48.5 Å².